The van der Waals surface area contributed by atoms with Crippen LogP contribution < -0.4 is 10.6 Å². The van der Waals surface area contributed by atoms with E-state index in [-0.39, 0.29) is 11.5 Å². The molecule has 0 aromatic carbocycles. The fourth-order valence-electron chi connectivity index (χ4n) is 0.394. The normalized spacial score (nSPS) is 10.8. The van der Waals surface area contributed by atoms with Crippen LogP contribution in [0.2, 0.25) is 0 Å². The molecule has 0 rings (SSSR count). The number of rotatable bonds is 3. The van der Waals surface area contributed by atoms with Crippen molar-refractivity contribution < 1.29 is 14.3 Å². The quantitative estimate of drug-likeness (QED) is 0.740. The predicted molar refractivity (Wildman–Crippen MR) is 70.8 cm³/mol. The second kappa shape index (κ2) is 13.0. The van der Waals surface area contributed by atoms with Crippen LogP contribution in [0.5, 0.6) is 0 Å². The first-order valence-corrected chi connectivity index (χ1v) is 5.75. The summed E-state index contributed by atoms with van der Waals surface area (Å²) in [7, 11) is 3.23. The lowest BCUT2D eigenvalue weighted by Gasteiger charge is -2.14. The molecule has 0 heterocycles. The molecule has 0 spiro atoms. The summed E-state index contributed by atoms with van der Waals surface area (Å²) in [5, 5.41) is 4.69. The summed E-state index contributed by atoms with van der Waals surface area (Å²) in [5.41, 5.74) is 0.0417. The highest BCUT2D eigenvalue weighted by molar-refractivity contribution is 5.82. The van der Waals surface area contributed by atoms with E-state index in [2.05, 4.69) is 10.6 Å². The minimum absolute atomic E-state index is 0.0417. The molecule has 0 aliphatic rings. The predicted octanol–water partition coefficient (Wildman–Crippen LogP) is 1.32. The molecular formula is C12H28N2O3. The molecule has 2 amide bonds. The van der Waals surface area contributed by atoms with Crippen LogP contribution in [0, 0.1) is 0 Å². The van der Waals surface area contributed by atoms with Crippen molar-refractivity contribution in [3.63, 3.8) is 0 Å². The Kier molecular flexibility index (Phi) is 16.2. The first kappa shape index (κ1) is 21.2. The second-order valence-corrected chi connectivity index (χ2v) is 3.94. The molecule has 0 aliphatic carbocycles. The lowest BCUT2D eigenvalue weighted by atomic mass is 10.2. The minimum Gasteiger partial charge on any atom is -0.379 e. The van der Waals surface area contributed by atoms with Crippen LogP contribution >= 0.6 is 0 Å². The van der Waals surface area contributed by atoms with Gasteiger partial charge in [-0.1, -0.05) is 13.8 Å². The lowest BCUT2D eigenvalue weighted by molar-refractivity contribution is -0.124. The van der Waals surface area contributed by atoms with Gasteiger partial charge in [0.1, 0.15) is 6.04 Å². The molecule has 0 aromatic rings. The fraction of sp³-hybridized carbons (Fsp3) is 0.833. The van der Waals surface area contributed by atoms with Gasteiger partial charge in [-0.2, -0.15) is 0 Å². The van der Waals surface area contributed by atoms with Gasteiger partial charge in [-0.25, -0.2) is 0 Å². The first-order valence-electron chi connectivity index (χ1n) is 5.75. The maximum atomic E-state index is 10.6. The number of carbonyl (C=O) groups excluding carboxylic acids is 2. The Morgan fingerprint density at radius 2 is 1.65 bits per heavy atom. The topological polar surface area (TPSA) is 67.4 Å². The number of hydrogen-bond acceptors (Lipinski definition) is 3. The van der Waals surface area contributed by atoms with Gasteiger partial charge in [0, 0.05) is 14.2 Å². The third-order valence-corrected chi connectivity index (χ3v) is 1.57. The van der Waals surface area contributed by atoms with Gasteiger partial charge in [0.25, 0.3) is 0 Å². The largest absolute Gasteiger partial charge is 0.379 e. The van der Waals surface area contributed by atoms with Gasteiger partial charge in [-0.05, 0) is 27.7 Å². The second-order valence-electron chi connectivity index (χ2n) is 3.94. The van der Waals surface area contributed by atoms with Gasteiger partial charge >= 0.3 is 0 Å². The molecule has 5 heteroatoms. The van der Waals surface area contributed by atoms with E-state index < -0.39 is 6.04 Å². The molecule has 0 saturated heterocycles. The van der Waals surface area contributed by atoms with Gasteiger partial charge in [0.2, 0.25) is 12.3 Å². The SMILES string of the molecule is CC.CNC(=O)C(C)NC=O.COC(C)(C)C. The molecule has 104 valence electrons. The Morgan fingerprint density at radius 3 is 1.82 bits per heavy atom. The summed E-state index contributed by atoms with van der Waals surface area (Å²) < 4.78 is 4.94. The van der Waals surface area contributed by atoms with Crippen LogP contribution in [-0.4, -0.2) is 38.1 Å². The first-order chi connectivity index (χ1) is 7.78. The Bertz CT molecular complexity index is 189. The monoisotopic (exact) mass is 248 g/mol. The van der Waals surface area contributed by atoms with E-state index in [1.807, 2.05) is 34.6 Å². The molecular weight excluding hydrogens is 220 g/mol. The number of methoxy groups -OCH3 is 1. The average molecular weight is 248 g/mol. The average Bonchev–Trinajstić information content (AvgIpc) is 2.31. The number of nitrogens with one attached hydrogen (secondary N) is 2. The summed E-state index contributed by atoms with van der Waals surface area (Å²) in [6, 6.07) is -0.438. The zero-order chi connectivity index (χ0) is 14.5. The van der Waals surface area contributed by atoms with E-state index in [0.717, 1.165) is 0 Å². The van der Waals surface area contributed by atoms with E-state index in [9.17, 15) is 9.59 Å². The molecule has 5 nitrogen and oxygen atoms in total. The highest BCUT2D eigenvalue weighted by Crippen LogP contribution is 2.02. The third-order valence-electron chi connectivity index (χ3n) is 1.57. The number of amides is 2. The maximum absolute atomic E-state index is 10.6. The lowest BCUT2D eigenvalue weighted by Crippen LogP contribution is -2.39. The Morgan fingerprint density at radius 1 is 1.29 bits per heavy atom. The maximum Gasteiger partial charge on any atom is 0.242 e. The van der Waals surface area contributed by atoms with Crippen molar-refractivity contribution in [2.75, 3.05) is 14.2 Å². The number of hydrogen-bond donors (Lipinski definition) is 2. The summed E-state index contributed by atoms with van der Waals surface area (Å²) >= 11 is 0. The van der Waals surface area contributed by atoms with Crippen molar-refractivity contribution in [3.8, 4) is 0 Å². The van der Waals surface area contributed by atoms with Crippen LogP contribution in [0.4, 0.5) is 0 Å². The molecule has 17 heavy (non-hydrogen) atoms. The van der Waals surface area contributed by atoms with E-state index in [4.69, 9.17) is 4.74 Å². The van der Waals surface area contributed by atoms with E-state index in [1.165, 1.54) is 7.05 Å². The van der Waals surface area contributed by atoms with Crippen molar-refractivity contribution in [1.82, 2.24) is 10.6 Å². The van der Waals surface area contributed by atoms with Crippen molar-refractivity contribution >= 4 is 12.3 Å². The zero-order valence-corrected chi connectivity index (χ0v) is 12.4. The third kappa shape index (κ3) is 20.9. The summed E-state index contributed by atoms with van der Waals surface area (Å²) in [6.07, 6.45) is 0.500. The van der Waals surface area contributed by atoms with E-state index in [0.29, 0.717) is 6.41 Å². The molecule has 0 aliphatic heterocycles. The molecule has 0 radical (unpaired) electrons. The van der Waals surface area contributed by atoms with Crippen molar-refractivity contribution in [2.45, 2.75) is 53.2 Å². The Hall–Kier alpha value is -1.10. The van der Waals surface area contributed by atoms with Gasteiger partial charge in [-0.15, -0.1) is 0 Å². The van der Waals surface area contributed by atoms with Gasteiger partial charge in [-0.3, -0.25) is 9.59 Å². The number of carbonyl (C=O) groups is 2. The Balaban J connectivity index is -0.000000213. The number of ether oxygens (including phenoxy) is 1. The van der Waals surface area contributed by atoms with Crippen LogP contribution in [0.25, 0.3) is 0 Å². The standard InChI is InChI=1S/C5H10N2O2.C5H12O.C2H6/c1-4(7-3-8)5(9)6-2;1-5(2,3)6-4;1-2/h3-4H,1-2H3,(H,6,9)(H,7,8);1-4H3;1-2H3. The minimum atomic E-state index is -0.438. The van der Waals surface area contributed by atoms with Gasteiger partial charge in [0.05, 0.1) is 5.60 Å². The molecule has 0 fully saturated rings. The number of likely N-dealkylation sites (N-methyl/N-ethyl adjacent to an activating group) is 1. The van der Waals surface area contributed by atoms with Gasteiger partial charge in [0.15, 0.2) is 0 Å². The van der Waals surface area contributed by atoms with E-state index in [1.54, 1.807) is 14.0 Å². The van der Waals surface area contributed by atoms with Crippen LogP contribution in [0.3, 0.4) is 0 Å². The fourth-order valence-corrected chi connectivity index (χ4v) is 0.394. The summed E-state index contributed by atoms with van der Waals surface area (Å²) in [5.74, 6) is -0.192. The molecule has 1 atom stereocenters. The smallest absolute Gasteiger partial charge is 0.242 e. The Labute approximate surface area is 105 Å². The van der Waals surface area contributed by atoms with Crippen molar-refractivity contribution in [3.05, 3.63) is 0 Å². The summed E-state index contributed by atoms with van der Waals surface area (Å²) in [6.45, 7) is 11.7. The molecule has 2 N–H and O–H groups in total. The van der Waals surface area contributed by atoms with Crippen molar-refractivity contribution in [1.29, 1.82) is 0 Å². The zero-order valence-electron chi connectivity index (χ0n) is 12.4. The van der Waals surface area contributed by atoms with Crippen molar-refractivity contribution in [2.24, 2.45) is 0 Å². The molecule has 1 unspecified atom stereocenters. The molecule has 0 aromatic heterocycles. The van der Waals surface area contributed by atoms with E-state index >= 15 is 0 Å². The van der Waals surface area contributed by atoms with Gasteiger partial charge < -0.3 is 15.4 Å². The van der Waals surface area contributed by atoms with Crippen LogP contribution in [-0.2, 0) is 14.3 Å². The highest BCUT2D eigenvalue weighted by atomic mass is 16.5. The van der Waals surface area contributed by atoms with Crippen LogP contribution in [0.15, 0.2) is 0 Å². The highest BCUT2D eigenvalue weighted by Gasteiger charge is 2.06. The molecule has 0 saturated carbocycles. The molecule has 0 bridgehead atoms. The summed E-state index contributed by atoms with van der Waals surface area (Å²) in [4.78, 5) is 20.3. The van der Waals surface area contributed by atoms with Crippen LogP contribution in [0.1, 0.15) is 41.5 Å².